The number of tetrazole rings is 2. The van der Waals surface area contributed by atoms with Gasteiger partial charge in [-0.3, -0.25) is 9.59 Å². The van der Waals surface area contributed by atoms with Crippen LogP contribution in [0, 0.1) is 13.8 Å². The Labute approximate surface area is 279 Å². The first kappa shape index (κ1) is 31.6. The summed E-state index contributed by atoms with van der Waals surface area (Å²) in [6.45, 7) is 3.95. The highest BCUT2D eigenvalue weighted by molar-refractivity contribution is 8.00. The molecule has 4 aromatic carbocycles. The molecule has 6 aromatic rings. The second-order valence-electron chi connectivity index (χ2n) is 10.6. The van der Waals surface area contributed by atoms with E-state index >= 15 is 0 Å². The lowest BCUT2D eigenvalue weighted by Crippen LogP contribution is -2.15. The van der Waals surface area contributed by atoms with Crippen molar-refractivity contribution in [3.63, 3.8) is 0 Å². The van der Waals surface area contributed by atoms with E-state index in [1.54, 1.807) is 9.36 Å². The van der Waals surface area contributed by atoms with E-state index in [0.717, 1.165) is 45.0 Å². The Kier molecular flexibility index (Phi) is 9.98. The number of carbonyl (C=O) groups excluding carboxylic acids is 2. The minimum atomic E-state index is -0.144. The summed E-state index contributed by atoms with van der Waals surface area (Å²) in [5.41, 5.74) is 7.32. The molecule has 0 aliphatic rings. The lowest BCUT2D eigenvalue weighted by Gasteiger charge is -2.12. The molecule has 0 fully saturated rings. The van der Waals surface area contributed by atoms with Crippen LogP contribution in [0.5, 0.6) is 0 Å². The third kappa shape index (κ3) is 8.09. The lowest BCUT2D eigenvalue weighted by molar-refractivity contribution is -0.114. The van der Waals surface area contributed by atoms with E-state index in [9.17, 15) is 9.59 Å². The first-order valence-corrected chi connectivity index (χ1v) is 16.6. The number of aromatic nitrogens is 8. The molecule has 0 atom stereocenters. The van der Waals surface area contributed by atoms with Crippen LogP contribution in [0.3, 0.4) is 0 Å². The number of thioether (sulfide) groups is 2. The van der Waals surface area contributed by atoms with E-state index < -0.39 is 0 Å². The minimum Gasteiger partial charge on any atom is -0.325 e. The van der Waals surface area contributed by atoms with Gasteiger partial charge in [-0.1, -0.05) is 84.2 Å². The van der Waals surface area contributed by atoms with Crippen molar-refractivity contribution in [2.75, 3.05) is 22.1 Å². The molecule has 6 rings (SSSR count). The van der Waals surface area contributed by atoms with Crippen molar-refractivity contribution in [1.29, 1.82) is 0 Å². The quantitative estimate of drug-likeness (QED) is 0.165. The number of carbonyl (C=O) groups is 2. The molecule has 0 spiro atoms. The second kappa shape index (κ2) is 14.8. The molecule has 0 bridgehead atoms. The molecule has 47 heavy (non-hydrogen) atoms. The molecular formula is C33H30N10O2S2. The van der Waals surface area contributed by atoms with E-state index in [1.165, 1.54) is 23.5 Å². The molecule has 2 aromatic heterocycles. The number of hydrogen-bond donors (Lipinski definition) is 2. The van der Waals surface area contributed by atoms with Gasteiger partial charge in [-0.15, -0.1) is 10.2 Å². The van der Waals surface area contributed by atoms with Gasteiger partial charge in [0.1, 0.15) is 0 Å². The van der Waals surface area contributed by atoms with Gasteiger partial charge in [0.25, 0.3) is 0 Å². The summed E-state index contributed by atoms with van der Waals surface area (Å²) in [5.74, 6) is 0.0495. The summed E-state index contributed by atoms with van der Waals surface area (Å²) < 4.78 is 3.22. The van der Waals surface area contributed by atoms with Gasteiger partial charge in [-0.25, -0.2) is 0 Å². The molecule has 2 N–H and O–H groups in total. The van der Waals surface area contributed by atoms with Crippen LogP contribution in [0.2, 0.25) is 0 Å². The van der Waals surface area contributed by atoms with Crippen molar-refractivity contribution in [2.24, 2.45) is 0 Å². The van der Waals surface area contributed by atoms with Crippen LogP contribution in [-0.4, -0.2) is 63.7 Å². The molecule has 12 nitrogen and oxygen atoms in total. The molecule has 2 amide bonds. The maximum absolute atomic E-state index is 12.8. The Hall–Kier alpha value is -5.34. The monoisotopic (exact) mass is 662 g/mol. The maximum atomic E-state index is 12.8. The van der Waals surface area contributed by atoms with Gasteiger partial charge < -0.3 is 10.6 Å². The third-order valence-corrected chi connectivity index (χ3v) is 8.92. The van der Waals surface area contributed by atoms with Crippen LogP contribution in [0.15, 0.2) is 107 Å². The fraction of sp³-hybridized carbons (Fsp3) is 0.152. The van der Waals surface area contributed by atoms with Gasteiger partial charge in [0.2, 0.25) is 22.1 Å². The predicted molar refractivity (Wildman–Crippen MR) is 182 cm³/mol. The summed E-state index contributed by atoms with van der Waals surface area (Å²) in [4.78, 5) is 25.5. The van der Waals surface area contributed by atoms with Crippen molar-refractivity contribution >= 4 is 46.7 Å². The number of para-hydroxylation sites is 2. The number of rotatable bonds is 12. The van der Waals surface area contributed by atoms with Crippen LogP contribution in [-0.2, 0) is 16.0 Å². The largest absolute Gasteiger partial charge is 0.325 e. The summed E-state index contributed by atoms with van der Waals surface area (Å²) in [6, 6.07) is 31.1. The third-order valence-electron chi connectivity index (χ3n) is 7.09. The first-order chi connectivity index (χ1) is 22.9. The highest BCUT2D eigenvalue weighted by Crippen LogP contribution is 2.24. The number of nitrogens with zero attached hydrogens (tertiary/aromatic N) is 8. The smallest absolute Gasteiger partial charge is 0.234 e. The Morgan fingerprint density at radius 1 is 0.617 bits per heavy atom. The molecule has 0 saturated carbocycles. The topological polar surface area (TPSA) is 145 Å². The maximum Gasteiger partial charge on any atom is 0.234 e. The van der Waals surface area contributed by atoms with E-state index in [4.69, 9.17) is 0 Å². The average Bonchev–Trinajstić information content (AvgIpc) is 3.76. The molecule has 0 aliphatic carbocycles. The molecule has 0 unspecified atom stereocenters. The summed E-state index contributed by atoms with van der Waals surface area (Å²) in [7, 11) is 0. The first-order valence-electron chi connectivity index (χ1n) is 14.6. The van der Waals surface area contributed by atoms with Gasteiger partial charge >= 0.3 is 0 Å². The fourth-order valence-corrected chi connectivity index (χ4v) is 6.20. The number of anilines is 2. The van der Waals surface area contributed by atoms with E-state index in [2.05, 4.69) is 53.8 Å². The van der Waals surface area contributed by atoms with Crippen LogP contribution < -0.4 is 10.6 Å². The molecule has 236 valence electrons. The van der Waals surface area contributed by atoms with E-state index in [0.29, 0.717) is 16.7 Å². The molecule has 14 heteroatoms. The SMILES string of the molecule is Cc1cc(Cc2ccc(NC(=O)CSc3nnnn3-c3ccccc3)c(C)c2)ccc1NC(=O)CSc1nnnn1-c1ccccc1. The average molecular weight is 663 g/mol. The number of nitrogens with one attached hydrogen (secondary N) is 2. The Morgan fingerprint density at radius 2 is 1.04 bits per heavy atom. The molecule has 0 saturated heterocycles. The normalized spacial score (nSPS) is 10.9. The van der Waals surface area contributed by atoms with Gasteiger partial charge in [0.05, 0.1) is 22.9 Å². The van der Waals surface area contributed by atoms with Crippen LogP contribution >= 0.6 is 23.5 Å². The minimum absolute atomic E-state index is 0.144. The van der Waals surface area contributed by atoms with Crippen molar-refractivity contribution in [3.05, 3.63) is 119 Å². The highest BCUT2D eigenvalue weighted by Gasteiger charge is 2.14. The van der Waals surface area contributed by atoms with Crippen molar-refractivity contribution in [3.8, 4) is 11.4 Å². The van der Waals surface area contributed by atoms with Gasteiger partial charge in [0, 0.05) is 11.4 Å². The van der Waals surface area contributed by atoms with Gasteiger partial charge in [0.15, 0.2) is 0 Å². The van der Waals surface area contributed by atoms with Crippen molar-refractivity contribution in [2.45, 2.75) is 30.6 Å². The molecule has 0 radical (unpaired) electrons. The second-order valence-corrected chi connectivity index (χ2v) is 12.5. The fourth-order valence-electron chi connectivity index (χ4n) is 4.82. The number of amides is 2. The van der Waals surface area contributed by atoms with E-state index in [-0.39, 0.29) is 23.3 Å². The Balaban J connectivity index is 1.000. The predicted octanol–water partition coefficient (Wildman–Crippen LogP) is 5.31. The summed E-state index contributed by atoms with van der Waals surface area (Å²) >= 11 is 2.55. The zero-order valence-electron chi connectivity index (χ0n) is 25.6. The molecule has 0 aliphatic heterocycles. The Morgan fingerprint density at radius 3 is 1.45 bits per heavy atom. The van der Waals surface area contributed by atoms with E-state index in [1.807, 2.05) is 98.8 Å². The highest BCUT2D eigenvalue weighted by atomic mass is 32.2. The van der Waals surface area contributed by atoms with Gasteiger partial charge in [-0.2, -0.15) is 9.36 Å². The Bertz CT molecular complexity index is 1850. The standard InChI is InChI=1S/C33H30N10O2S2/c1-22-17-24(13-15-28(22)34-30(44)20-46-32-36-38-40-42(32)26-9-5-3-6-10-26)19-25-14-16-29(23(2)18-25)35-31(45)21-47-33-37-39-41-43(33)27-11-7-4-8-12-27/h3-18H,19-21H2,1-2H3,(H,34,44)(H,35,45). The van der Waals surface area contributed by atoms with Crippen LogP contribution in [0.4, 0.5) is 11.4 Å². The summed E-state index contributed by atoms with van der Waals surface area (Å²) in [5, 5.41) is 30.8. The molecular weight excluding hydrogens is 633 g/mol. The van der Waals surface area contributed by atoms with Gasteiger partial charge in [-0.05, 0) is 99.8 Å². The van der Waals surface area contributed by atoms with Crippen molar-refractivity contribution < 1.29 is 9.59 Å². The van der Waals surface area contributed by atoms with Crippen LogP contribution in [0.1, 0.15) is 22.3 Å². The number of hydrogen-bond acceptors (Lipinski definition) is 10. The molecule has 2 heterocycles. The lowest BCUT2D eigenvalue weighted by atomic mass is 10.00. The van der Waals surface area contributed by atoms with Crippen LogP contribution in [0.25, 0.3) is 11.4 Å². The zero-order chi connectivity index (χ0) is 32.6. The zero-order valence-corrected chi connectivity index (χ0v) is 27.2. The number of aryl methyl sites for hydroxylation is 2. The van der Waals surface area contributed by atoms with Crippen molar-refractivity contribution in [1.82, 2.24) is 40.4 Å². The summed E-state index contributed by atoms with van der Waals surface area (Å²) in [6.07, 6.45) is 0.708. The number of benzene rings is 4.